The van der Waals surface area contributed by atoms with Crippen molar-refractivity contribution in [3.8, 4) is 0 Å². The van der Waals surface area contributed by atoms with E-state index in [1.54, 1.807) is 18.2 Å². The standard InChI is InChI=1S/C10H10F2N2/c1-10(11,12)9-5-6-7(13)3-2-4-8(6)14-9/h2-5,14H,13H2,1H3. The van der Waals surface area contributed by atoms with E-state index in [9.17, 15) is 8.78 Å². The van der Waals surface area contributed by atoms with Gasteiger partial charge in [0.2, 0.25) is 0 Å². The summed E-state index contributed by atoms with van der Waals surface area (Å²) in [5.74, 6) is -2.86. The molecule has 1 aromatic carbocycles. The fourth-order valence-corrected chi connectivity index (χ4v) is 1.42. The number of alkyl halides is 2. The van der Waals surface area contributed by atoms with Gasteiger partial charge in [0.15, 0.2) is 0 Å². The van der Waals surface area contributed by atoms with Gasteiger partial charge in [-0.2, -0.15) is 0 Å². The molecule has 0 saturated carbocycles. The van der Waals surface area contributed by atoms with Crippen molar-refractivity contribution in [2.75, 3.05) is 5.73 Å². The van der Waals surface area contributed by atoms with Crippen LogP contribution >= 0.6 is 0 Å². The molecule has 0 radical (unpaired) electrons. The first-order valence-electron chi connectivity index (χ1n) is 4.24. The Hall–Kier alpha value is -1.58. The lowest BCUT2D eigenvalue weighted by Gasteiger charge is -2.05. The molecule has 2 nitrogen and oxygen atoms in total. The van der Waals surface area contributed by atoms with Gasteiger partial charge in [-0.25, -0.2) is 8.78 Å². The minimum atomic E-state index is -2.86. The number of nitrogen functional groups attached to an aromatic ring is 1. The third-order valence-electron chi connectivity index (χ3n) is 2.17. The average molecular weight is 196 g/mol. The number of benzene rings is 1. The van der Waals surface area contributed by atoms with Crippen molar-refractivity contribution in [1.29, 1.82) is 0 Å². The minimum absolute atomic E-state index is 0.106. The van der Waals surface area contributed by atoms with Crippen molar-refractivity contribution in [2.24, 2.45) is 0 Å². The highest BCUT2D eigenvalue weighted by Crippen LogP contribution is 2.31. The van der Waals surface area contributed by atoms with Crippen LogP contribution in [0.15, 0.2) is 24.3 Å². The highest BCUT2D eigenvalue weighted by molar-refractivity contribution is 5.91. The lowest BCUT2D eigenvalue weighted by molar-refractivity contribution is 0.0135. The monoisotopic (exact) mass is 196 g/mol. The van der Waals surface area contributed by atoms with E-state index in [0.29, 0.717) is 16.6 Å². The van der Waals surface area contributed by atoms with Gasteiger partial charge in [0.1, 0.15) is 0 Å². The summed E-state index contributed by atoms with van der Waals surface area (Å²) in [6, 6.07) is 6.53. The normalized spacial score (nSPS) is 12.2. The third-order valence-corrected chi connectivity index (χ3v) is 2.17. The molecule has 1 aromatic heterocycles. The van der Waals surface area contributed by atoms with E-state index in [1.165, 1.54) is 6.07 Å². The van der Waals surface area contributed by atoms with E-state index in [-0.39, 0.29) is 5.69 Å². The van der Waals surface area contributed by atoms with Crippen LogP contribution < -0.4 is 5.73 Å². The first kappa shape index (κ1) is 8.99. The van der Waals surface area contributed by atoms with Gasteiger partial charge in [0.05, 0.1) is 5.69 Å². The van der Waals surface area contributed by atoms with Crippen molar-refractivity contribution in [3.05, 3.63) is 30.0 Å². The van der Waals surface area contributed by atoms with Crippen LogP contribution in [0.2, 0.25) is 0 Å². The second-order valence-electron chi connectivity index (χ2n) is 3.38. The Labute approximate surface area is 79.7 Å². The second kappa shape index (κ2) is 2.70. The molecule has 0 atom stereocenters. The zero-order chi connectivity index (χ0) is 10.3. The first-order chi connectivity index (χ1) is 6.48. The molecular formula is C10H10F2N2. The van der Waals surface area contributed by atoms with Crippen LogP contribution in [0.5, 0.6) is 0 Å². The highest BCUT2D eigenvalue weighted by Gasteiger charge is 2.26. The topological polar surface area (TPSA) is 41.8 Å². The highest BCUT2D eigenvalue weighted by atomic mass is 19.3. The molecule has 4 heteroatoms. The Bertz CT molecular complexity index is 468. The Morgan fingerprint density at radius 3 is 2.64 bits per heavy atom. The molecule has 0 aliphatic rings. The predicted molar refractivity (Wildman–Crippen MR) is 52.3 cm³/mol. The number of nitrogens with two attached hydrogens (primary N) is 1. The molecule has 0 spiro atoms. The number of rotatable bonds is 1. The third kappa shape index (κ3) is 1.32. The number of hydrogen-bond acceptors (Lipinski definition) is 1. The van der Waals surface area contributed by atoms with Crippen molar-refractivity contribution >= 4 is 16.6 Å². The number of hydrogen-bond donors (Lipinski definition) is 2. The Kier molecular flexibility index (Phi) is 1.74. The fourth-order valence-electron chi connectivity index (χ4n) is 1.42. The summed E-state index contributed by atoms with van der Waals surface area (Å²) in [4.78, 5) is 2.65. The zero-order valence-electron chi connectivity index (χ0n) is 7.64. The Morgan fingerprint density at radius 1 is 1.36 bits per heavy atom. The van der Waals surface area contributed by atoms with Crippen molar-refractivity contribution in [3.63, 3.8) is 0 Å². The van der Waals surface area contributed by atoms with Crippen molar-refractivity contribution in [2.45, 2.75) is 12.8 Å². The summed E-state index contributed by atoms with van der Waals surface area (Å²) >= 11 is 0. The van der Waals surface area contributed by atoms with Gasteiger partial charge < -0.3 is 10.7 Å². The lowest BCUT2D eigenvalue weighted by atomic mass is 10.2. The van der Waals surface area contributed by atoms with E-state index in [1.807, 2.05) is 0 Å². The zero-order valence-corrected chi connectivity index (χ0v) is 7.64. The fraction of sp³-hybridized carbons (Fsp3) is 0.200. The van der Waals surface area contributed by atoms with Gasteiger partial charge in [-0.05, 0) is 18.2 Å². The number of H-pyrrole nitrogens is 1. The van der Waals surface area contributed by atoms with Crippen LogP contribution in [0.3, 0.4) is 0 Å². The quantitative estimate of drug-likeness (QED) is 0.676. The number of halogens is 2. The second-order valence-corrected chi connectivity index (χ2v) is 3.38. The summed E-state index contributed by atoms with van der Waals surface area (Å²) in [5.41, 5.74) is 6.69. The Balaban J connectivity index is 2.69. The van der Waals surface area contributed by atoms with Crippen LogP contribution in [0, 0.1) is 0 Å². The SMILES string of the molecule is CC(F)(F)c1cc2c(N)cccc2[nH]1. The van der Waals surface area contributed by atoms with Crippen LogP contribution in [0.4, 0.5) is 14.5 Å². The first-order valence-corrected chi connectivity index (χ1v) is 4.24. The molecule has 1 heterocycles. The van der Waals surface area contributed by atoms with E-state index in [2.05, 4.69) is 4.98 Å². The molecule has 14 heavy (non-hydrogen) atoms. The maximum atomic E-state index is 13.0. The summed E-state index contributed by atoms with van der Waals surface area (Å²) < 4.78 is 25.9. The smallest absolute Gasteiger partial charge is 0.284 e. The van der Waals surface area contributed by atoms with Crippen LogP contribution in [-0.4, -0.2) is 4.98 Å². The van der Waals surface area contributed by atoms with Crippen LogP contribution in [0.1, 0.15) is 12.6 Å². The van der Waals surface area contributed by atoms with Gasteiger partial charge in [0, 0.05) is 23.5 Å². The molecule has 0 aliphatic carbocycles. The van der Waals surface area contributed by atoms with Gasteiger partial charge in [-0.3, -0.25) is 0 Å². The molecule has 2 aromatic rings. The summed E-state index contributed by atoms with van der Waals surface area (Å²) in [5, 5.41) is 0.643. The summed E-state index contributed by atoms with van der Waals surface area (Å²) in [6.45, 7) is 0.855. The molecule has 74 valence electrons. The molecule has 0 unspecified atom stereocenters. The van der Waals surface area contributed by atoms with Gasteiger partial charge in [-0.1, -0.05) is 6.07 Å². The van der Waals surface area contributed by atoms with Crippen LogP contribution in [-0.2, 0) is 5.92 Å². The van der Waals surface area contributed by atoms with Gasteiger partial charge >= 0.3 is 0 Å². The average Bonchev–Trinajstić information content (AvgIpc) is 2.48. The van der Waals surface area contributed by atoms with Gasteiger partial charge in [0.25, 0.3) is 5.92 Å². The maximum Gasteiger partial charge on any atom is 0.284 e. The minimum Gasteiger partial charge on any atom is -0.398 e. The molecule has 0 fully saturated rings. The predicted octanol–water partition coefficient (Wildman–Crippen LogP) is 2.86. The number of fused-ring (bicyclic) bond motifs is 1. The number of aromatic nitrogens is 1. The summed E-state index contributed by atoms with van der Waals surface area (Å²) in [6.07, 6.45) is 0. The van der Waals surface area contributed by atoms with Crippen molar-refractivity contribution in [1.82, 2.24) is 4.98 Å². The van der Waals surface area contributed by atoms with E-state index in [4.69, 9.17) is 5.73 Å². The molecule has 2 rings (SSSR count). The molecule has 0 amide bonds. The molecular weight excluding hydrogens is 186 g/mol. The molecule has 0 bridgehead atoms. The van der Waals surface area contributed by atoms with E-state index < -0.39 is 5.92 Å². The molecule has 3 N–H and O–H groups in total. The maximum absolute atomic E-state index is 13.0. The van der Waals surface area contributed by atoms with Gasteiger partial charge in [-0.15, -0.1) is 0 Å². The van der Waals surface area contributed by atoms with E-state index >= 15 is 0 Å². The Morgan fingerprint density at radius 2 is 2.07 bits per heavy atom. The van der Waals surface area contributed by atoms with E-state index in [0.717, 1.165) is 6.92 Å². The lowest BCUT2D eigenvalue weighted by Crippen LogP contribution is -2.06. The number of nitrogens with one attached hydrogen (secondary N) is 1. The molecule has 0 saturated heterocycles. The van der Waals surface area contributed by atoms with Crippen LogP contribution in [0.25, 0.3) is 10.9 Å². The van der Waals surface area contributed by atoms with Crippen molar-refractivity contribution < 1.29 is 8.78 Å². The number of aromatic amines is 1. The largest absolute Gasteiger partial charge is 0.398 e. The number of anilines is 1. The summed E-state index contributed by atoms with van der Waals surface area (Å²) in [7, 11) is 0. The molecule has 0 aliphatic heterocycles.